The number of ether oxygens (including phenoxy) is 2. The summed E-state index contributed by atoms with van der Waals surface area (Å²) in [5.74, 6) is 0. The topological polar surface area (TPSA) is 43.6 Å². The molecule has 90 valence electrons. The van der Waals surface area contributed by atoms with Crippen LogP contribution in [0.25, 0.3) is 0 Å². The Morgan fingerprint density at radius 3 is 3.25 bits per heavy atom. The molecule has 0 saturated carbocycles. The van der Waals surface area contributed by atoms with Crippen LogP contribution in [0.4, 0.5) is 0 Å². The van der Waals surface area contributed by atoms with Gasteiger partial charge >= 0.3 is 0 Å². The van der Waals surface area contributed by atoms with Crippen molar-refractivity contribution in [3.8, 4) is 0 Å². The molecule has 2 heterocycles. The fourth-order valence-corrected chi connectivity index (χ4v) is 1.76. The first-order valence-electron chi connectivity index (χ1n) is 5.86. The molecule has 1 aliphatic heterocycles. The van der Waals surface area contributed by atoms with Gasteiger partial charge in [0.1, 0.15) is 0 Å². The van der Waals surface area contributed by atoms with Crippen molar-refractivity contribution in [1.29, 1.82) is 0 Å². The zero-order chi connectivity index (χ0) is 11.1. The lowest BCUT2D eigenvalue weighted by Crippen LogP contribution is -2.22. The summed E-state index contributed by atoms with van der Waals surface area (Å²) < 4.78 is 16.0. The molecule has 4 nitrogen and oxygen atoms in total. The molecule has 1 atom stereocenters. The van der Waals surface area contributed by atoms with E-state index < -0.39 is 0 Å². The van der Waals surface area contributed by atoms with Gasteiger partial charge in [-0.05, 0) is 18.9 Å². The van der Waals surface area contributed by atoms with Crippen molar-refractivity contribution in [2.24, 2.45) is 0 Å². The molecule has 1 N–H and O–H groups in total. The third kappa shape index (κ3) is 3.96. The molecule has 1 aromatic rings. The van der Waals surface area contributed by atoms with E-state index in [0.29, 0.717) is 6.10 Å². The average molecular weight is 225 g/mol. The van der Waals surface area contributed by atoms with Crippen molar-refractivity contribution in [3.05, 3.63) is 24.2 Å². The summed E-state index contributed by atoms with van der Waals surface area (Å²) in [6.07, 6.45) is 6.08. The molecule has 0 aromatic carbocycles. The van der Waals surface area contributed by atoms with Crippen molar-refractivity contribution in [2.75, 3.05) is 26.4 Å². The van der Waals surface area contributed by atoms with Crippen molar-refractivity contribution >= 4 is 0 Å². The van der Waals surface area contributed by atoms with E-state index in [2.05, 4.69) is 5.32 Å². The highest BCUT2D eigenvalue weighted by Gasteiger charge is 2.14. The Hall–Kier alpha value is -0.840. The molecule has 4 heteroatoms. The molecule has 0 radical (unpaired) electrons. The Balaban J connectivity index is 1.43. The van der Waals surface area contributed by atoms with Crippen LogP contribution in [0.2, 0.25) is 0 Å². The Kier molecular flexibility index (Phi) is 4.86. The zero-order valence-corrected chi connectivity index (χ0v) is 9.48. The second kappa shape index (κ2) is 6.68. The van der Waals surface area contributed by atoms with Gasteiger partial charge in [0.05, 0.1) is 31.8 Å². The molecule has 1 unspecified atom stereocenters. The Morgan fingerprint density at radius 1 is 1.50 bits per heavy atom. The number of nitrogens with one attached hydrogen (secondary N) is 1. The summed E-state index contributed by atoms with van der Waals surface area (Å²) in [4.78, 5) is 0. The molecular weight excluding hydrogens is 206 g/mol. The van der Waals surface area contributed by atoms with Gasteiger partial charge in [0.15, 0.2) is 0 Å². The van der Waals surface area contributed by atoms with Gasteiger partial charge in [0, 0.05) is 25.3 Å². The number of furan rings is 1. The van der Waals surface area contributed by atoms with Crippen LogP contribution in [-0.2, 0) is 16.0 Å². The second-order valence-corrected chi connectivity index (χ2v) is 4.02. The molecule has 0 spiro atoms. The van der Waals surface area contributed by atoms with Crippen LogP contribution in [0.1, 0.15) is 18.4 Å². The van der Waals surface area contributed by atoms with E-state index in [-0.39, 0.29) is 0 Å². The summed E-state index contributed by atoms with van der Waals surface area (Å²) in [7, 11) is 0. The maximum absolute atomic E-state index is 5.53. The second-order valence-electron chi connectivity index (χ2n) is 4.02. The maximum Gasteiger partial charge on any atom is 0.0947 e. The van der Waals surface area contributed by atoms with Crippen LogP contribution in [0.15, 0.2) is 23.0 Å². The van der Waals surface area contributed by atoms with E-state index in [1.54, 1.807) is 12.5 Å². The summed E-state index contributed by atoms with van der Waals surface area (Å²) in [6, 6.07) is 1.96. The lowest BCUT2D eigenvalue weighted by Gasteiger charge is -2.10. The molecule has 1 saturated heterocycles. The van der Waals surface area contributed by atoms with Crippen molar-refractivity contribution < 1.29 is 13.9 Å². The van der Waals surface area contributed by atoms with Crippen LogP contribution >= 0.6 is 0 Å². The first-order valence-corrected chi connectivity index (χ1v) is 5.86. The Morgan fingerprint density at radius 2 is 2.50 bits per heavy atom. The third-order valence-corrected chi connectivity index (χ3v) is 2.66. The molecule has 0 amide bonds. The van der Waals surface area contributed by atoms with E-state index in [1.165, 1.54) is 12.0 Å². The lowest BCUT2D eigenvalue weighted by atomic mass is 10.2. The third-order valence-electron chi connectivity index (χ3n) is 2.66. The minimum Gasteiger partial charge on any atom is -0.472 e. The monoisotopic (exact) mass is 225 g/mol. The first kappa shape index (κ1) is 11.6. The molecule has 16 heavy (non-hydrogen) atoms. The van der Waals surface area contributed by atoms with Crippen LogP contribution in [0.5, 0.6) is 0 Å². The predicted octanol–water partition coefficient (Wildman–Crippen LogP) is 1.56. The van der Waals surface area contributed by atoms with Gasteiger partial charge in [-0.15, -0.1) is 0 Å². The van der Waals surface area contributed by atoms with Crippen molar-refractivity contribution in [3.63, 3.8) is 0 Å². The minimum atomic E-state index is 0.328. The fourth-order valence-electron chi connectivity index (χ4n) is 1.76. The lowest BCUT2D eigenvalue weighted by molar-refractivity contribution is 0.0183. The summed E-state index contributed by atoms with van der Waals surface area (Å²) >= 11 is 0. The smallest absolute Gasteiger partial charge is 0.0947 e. The van der Waals surface area contributed by atoms with Crippen LogP contribution in [0.3, 0.4) is 0 Å². The SMILES string of the molecule is c1cc(CNCCOCC2CCCO2)co1. The van der Waals surface area contributed by atoms with E-state index in [4.69, 9.17) is 13.9 Å². The highest BCUT2D eigenvalue weighted by molar-refractivity contribution is 5.04. The fraction of sp³-hybridized carbons (Fsp3) is 0.667. The van der Waals surface area contributed by atoms with E-state index >= 15 is 0 Å². The summed E-state index contributed by atoms with van der Waals surface area (Å²) in [6.45, 7) is 4.05. The van der Waals surface area contributed by atoms with Gasteiger partial charge < -0.3 is 19.2 Å². The molecule has 1 fully saturated rings. The zero-order valence-electron chi connectivity index (χ0n) is 9.48. The van der Waals surface area contributed by atoms with Gasteiger partial charge in [-0.1, -0.05) is 0 Å². The van der Waals surface area contributed by atoms with Gasteiger partial charge in [0.25, 0.3) is 0 Å². The van der Waals surface area contributed by atoms with Gasteiger partial charge in [-0.2, -0.15) is 0 Å². The van der Waals surface area contributed by atoms with Gasteiger partial charge in [0.2, 0.25) is 0 Å². The van der Waals surface area contributed by atoms with E-state index in [1.807, 2.05) is 6.07 Å². The largest absolute Gasteiger partial charge is 0.472 e. The molecule has 0 bridgehead atoms. The van der Waals surface area contributed by atoms with Gasteiger partial charge in [-0.25, -0.2) is 0 Å². The first-order chi connectivity index (χ1) is 7.95. The number of rotatable bonds is 7. The standard InChI is InChI=1S/C12H19NO3/c1-2-12(16-5-1)10-15-7-4-13-8-11-3-6-14-9-11/h3,6,9,12-13H,1-2,4-5,7-8,10H2. The molecule has 0 aliphatic carbocycles. The predicted molar refractivity (Wildman–Crippen MR) is 60.2 cm³/mol. The normalized spacial score (nSPS) is 20.4. The highest BCUT2D eigenvalue weighted by Crippen LogP contribution is 2.11. The summed E-state index contributed by atoms with van der Waals surface area (Å²) in [5, 5.41) is 3.29. The quantitative estimate of drug-likeness (QED) is 0.715. The number of hydrogen-bond acceptors (Lipinski definition) is 4. The molecule has 1 aromatic heterocycles. The molecule has 1 aliphatic rings. The molecular formula is C12H19NO3. The van der Waals surface area contributed by atoms with E-state index in [9.17, 15) is 0 Å². The van der Waals surface area contributed by atoms with E-state index in [0.717, 1.165) is 39.3 Å². The van der Waals surface area contributed by atoms with Gasteiger partial charge in [-0.3, -0.25) is 0 Å². The molecule has 2 rings (SSSR count). The maximum atomic E-state index is 5.53. The van der Waals surface area contributed by atoms with Crippen LogP contribution in [0, 0.1) is 0 Å². The average Bonchev–Trinajstić information content (AvgIpc) is 2.96. The Bertz CT molecular complexity index is 268. The van der Waals surface area contributed by atoms with Crippen molar-refractivity contribution in [2.45, 2.75) is 25.5 Å². The minimum absolute atomic E-state index is 0.328. The highest BCUT2D eigenvalue weighted by atomic mass is 16.5. The Labute approximate surface area is 95.9 Å². The van der Waals surface area contributed by atoms with Crippen LogP contribution in [-0.4, -0.2) is 32.5 Å². The van der Waals surface area contributed by atoms with Crippen molar-refractivity contribution in [1.82, 2.24) is 5.32 Å². The van der Waals surface area contributed by atoms with Crippen LogP contribution < -0.4 is 5.32 Å². The number of hydrogen-bond donors (Lipinski definition) is 1. The summed E-state index contributed by atoms with van der Waals surface area (Å²) in [5.41, 5.74) is 1.17.